The zero-order valence-electron chi connectivity index (χ0n) is 7.77. The van der Waals surface area contributed by atoms with E-state index in [1.165, 1.54) is 0 Å². The summed E-state index contributed by atoms with van der Waals surface area (Å²) in [6.07, 6.45) is 1.44. The molecule has 0 bridgehead atoms. The zero-order valence-corrected chi connectivity index (χ0v) is 7.77. The maximum Gasteiger partial charge on any atom is 0.153 e. The molecule has 0 aliphatic carbocycles. The fourth-order valence-electron chi connectivity index (χ4n) is 1.65. The van der Waals surface area contributed by atoms with Crippen molar-refractivity contribution in [2.75, 3.05) is 18.0 Å². The minimum atomic E-state index is 0.265. The summed E-state index contributed by atoms with van der Waals surface area (Å²) in [5, 5.41) is 0. The lowest BCUT2D eigenvalue weighted by Crippen LogP contribution is -2.19. The van der Waals surface area contributed by atoms with Crippen molar-refractivity contribution in [3.05, 3.63) is 29.8 Å². The average Bonchev–Trinajstić information content (AvgIpc) is 2.65. The SMILES string of the molecule is O=Cc1cccc(N2CCC(=O)C2)c1. The second kappa shape index (κ2) is 3.62. The van der Waals surface area contributed by atoms with Crippen molar-refractivity contribution >= 4 is 17.8 Å². The maximum atomic E-state index is 11.1. The van der Waals surface area contributed by atoms with Gasteiger partial charge in [-0.2, -0.15) is 0 Å². The van der Waals surface area contributed by atoms with Crippen LogP contribution in [0.4, 0.5) is 5.69 Å². The summed E-state index contributed by atoms with van der Waals surface area (Å²) in [7, 11) is 0. The molecular weight excluding hydrogens is 178 g/mol. The topological polar surface area (TPSA) is 37.4 Å². The van der Waals surface area contributed by atoms with Crippen molar-refractivity contribution in [1.29, 1.82) is 0 Å². The number of ketones is 1. The normalized spacial score (nSPS) is 16.0. The molecule has 1 aliphatic rings. The van der Waals surface area contributed by atoms with E-state index in [1.807, 2.05) is 23.1 Å². The fraction of sp³-hybridized carbons (Fsp3) is 0.273. The highest BCUT2D eigenvalue weighted by molar-refractivity contribution is 5.87. The van der Waals surface area contributed by atoms with Crippen LogP contribution in [0.3, 0.4) is 0 Å². The third-order valence-corrected chi connectivity index (χ3v) is 2.40. The molecule has 1 saturated heterocycles. The quantitative estimate of drug-likeness (QED) is 0.657. The number of hydrogen-bond acceptors (Lipinski definition) is 3. The van der Waals surface area contributed by atoms with Crippen LogP contribution in [0.15, 0.2) is 24.3 Å². The third-order valence-electron chi connectivity index (χ3n) is 2.40. The molecule has 1 aromatic rings. The Morgan fingerprint density at radius 3 is 2.86 bits per heavy atom. The molecule has 0 aromatic heterocycles. The van der Waals surface area contributed by atoms with Crippen molar-refractivity contribution in [2.45, 2.75) is 6.42 Å². The molecule has 1 aliphatic heterocycles. The van der Waals surface area contributed by atoms with Gasteiger partial charge in [0.15, 0.2) is 5.78 Å². The van der Waals surface area contributed by atoms with Gasteiger partial charge < -0.3 is 4.90 Å². The summed E-state index contributed by atoms with van der Waals surface area (Å²) >= 11 is 0. The van der Waals surface area contributed by atoms with Crippen molar-refractivity contribution in [3.63, 3.8) is 0 Å². The van der Waals surface area contributed by atoms with E-state index in [0.29, 0.717) is 18.5 Å². The molecule has 1 fully saturated rings. The first-order chi connectivity index (χ1) is 6.79. The number of nitrogens with zero attached hydrogens (tertiary/aromatic N) is 1. The molecule has 3 nitrogen and oxygen atoms in total. The highest BCUT2D eigenvalue weighted by atomic mass is 16.1. The van der Waals surface area contributed by atoms with Gasteiger partial charge in [-0.25, -0.2) is 0 Å². The van der Waals surface area contributed by atoms with Crippen LogP contribution in [0, 0.1) is 0 Å². The van der Waals surface area contributed by atoms with Crippen LogP contribution >= 0.6 is 0 Å². The van der Waals surface area contributed by atoms with Crippen molar-refractivity contribution < 1.29 is 9.59 Å². The summed E-state index contributed by atoms with van der Waals surface area (Å²) in [4.78, 5) is 23.6. The Morgan fingerprint density at radius 1 is 1.36 bits per heavy atom. The van der Waals surface area contributed by atoms with Gasteiger partial charge in [0.25, 0.3) is 0 Å². The van der Waals surface area contributed by atoms with E-state index < -0.39 is 0 Å². The molecule has 14 heavy (non-hydrogen) atoms. The minimum Gasteiger partial charge on any atom is -0.364 e. The highest BCUT2D eigenvalue weighted by Crippen LogP contribution is 2.19. The molecule has 0 N–H and O–H groups in total. The lowest BCUT2D eigenvalue weighted by molar-refractivity contribution is -0.116. The smallest absolute Gasteiger partial charge is 0.153 e. The Kier molecular flexibility index (Phi) is 2.31. The second-order valence-electron chi connectivity index (χ2n) is 3.42. The minimum absolute atomic E-state index is 0.265. The van der Waals surface area contributed by atoms with E-state index in [4.69, 9.17) is 0 Å². The first-order valence-electron chi connectivity index (χ1n) is 4.61. The van der Waals surface area contributed by atoms with Crippen LogP contribution in [-0.2, 0) is 4.79 Å². The molecule has 0 unspecified atom stereocenters. The van der Waals surface area contributed by atoms with Gasteiger partial charge in [-0.15, -0.1) is 0 Å². The lowest BCUT2D eigenvalue weighted by Gasteiger charge is -2.16. The number of rotatable bonds is 2. The first kappa shape index (κ1) is 8.94. The van der Waals surface area contributed by atoms with Gasteiger partial charge >= 0.3 is 0 Å². The van der Waals surface area contributed by atoms with E-state index in [2.05, 4.69) is 0 Å². The van der Waals surface area contributed by atoms with E-state index in [1.54, 1.807) is 6.07 Å². The number of carbonyl (C=O) groups is 2. The van der Waals surface area contributed by atoms with E-state index >= 15 is 0 Å². The van der Waals surface area contributed by atoms with Crippen LogP contribution in [0.1, 0.15) is 16.8 Å². The molecule has 0 amide bonds. The number of Topliss-reactive ketones (excluding diaryl/α,β-unsaturated/α-hetero) is 1. The Balaban J connectivity index is 2.23. The molecule has 3 heteroatoms. The van der Waals surface area contributed by atoms with Gasteiger partial charge in [-0.05, 0) is 12.1 Å². The number of anilines is 1. The summed E-state index contributed by atoms with van der Waals surface area (Å²) < 4.78 is 0. The zero-order chi connectivity index (χ0) is 9.97. The second-order valence-corrected chi connectivity index (χ2v) is 3.42. The Bertz CT molecular complexity index is 373. The summed E-state index contributed by atoms with van der Waals surface area (Å²) in [6, 6.07) is 7.33. The summed E-state index contributed by atoms with van der Waals surface area (Å²) in [5.41, 5.74) is 1.61. The number of benzene rings is 1. The van der Waals surface area contributed by atoms with Crippen molar-refractivity contribution in [2.24, 2.45) is 0 Å². The van der Waals surface area contributed by atoms with E-state index in [0.717, 1.165) is 18.5 Å². The molecule has 2 rings (SSSR count). The largest absolute Gasteiger partial charge is 0.364 e. The summed E-state index contributed by atoms with van der Waals surface area (Å²) in [5.74, 6) is 0.265. The number of carbonyl (C=O) groups excluding carboxylic acids is 2. The van der Waals surface area contributed by atoms with Crippen LogP contribution in [-0.4, -0.2) is 25.2 Å². The average molecular weight is 189 g/mol. The van der Waals surface area contributed by atoms with Crippen LogP contribution < -0.4 is 4.90 Å². The van der Waals surface area contributed by atoms with Gasteiger partial charge in [0.05, 0.1) is 6.54 Å². The predicted molar refractivity (Wildman–Crippen MR) is 53.7 cm³/mol. The Hall–Kier alpha value is -1.64. The standard InChI is InChI=1S/C11H11NO2/c13-8-9-2-1-3-10(6-9)12-5-4-11(14)7-12/h1-3,6,8H,4-5,7H2. The van der Waals surface area contributed by atoms with Crippen LogP contribution in [0.2, 0.25) is 0 Å². The Labute approximate surface area is 82.3 Å². The van der Waals surface area contributed by atoms with Crippen LogP contribution in [0.5, 0.6) is 0 Å². The third kappa shape index (κ3) is 1.66. The molecule has 0 saturated carbocycles. The van der Waals surface area contributed by atoms with E-state index in [-0.39, 0.29) is 5.78 Å². The van der Waals surface area contributed by atoms with E-state index in [9.17, 15) is 9.59 Å². The lowest BCUT2D eigenvalue weighted by atomic mass is 10.2. The highest BCUT2D eigenvalue weighted by Gasteiger charge is 2.19. The Morgan fingerprint density at radius 2 is 2.21 bits per heavy atom. The molecule has 0 atom stereocenters. The number of aldehydes is 1. The molecule has 1 aromatic carbocycles. The monoisotopic (exact) mass is 189 g/mol. The first-order valence-corrected chi connectivity index (χ1v) is 4.61. The fourth-order valence-corrected chi connectivity index (χ4v) is 1.65. The van der Waals surface area contributed by atoms with Crippen molar-refractivity contribution in [3.8, 4) is 0 Å². The molecular formula is C11H11NO2. The van der Waals surface area contributed by atoms with Gasteiger partial charge in [-0.3, -0.25) is 9.59 Å². The maximum absolute atomic E-state index is 11.1. The molecule has 1 heterocycles. The summed E-state index contributed by atoms with van der Waals surface area (Å²) in [6.45, 7) is 1.24. The van der Waals surface area contributed by atoms with Crippen LogP contribution in [0.25, 0.3) is 0 Å². The molecule has 0 spiro atoms. The molecule has 72 valence electrons. The number of hydrogen-bond donors (Lipinski definition) is 0. The van der Waals surface area contributed by atoms with Gasteiger partial charge in [0.2, 0.25) is 0 Å². The molecule has 0 radical (unpaired) electrons. The van der Waals surface area contributed by atoms with Gasteiger partial charge in [0, 0.05) is 24.2 Å². The van der Waals surface area contributed by atoms with Crippen molar-refractivity contribution in [1.82, 2.24) is 0 Å². The van der Waals surface area contributed by atoms with Gasteiger partial charge in [-0.1, -0.05) is 12.1 Å². The predicted octanol–water partition coefficient (Wildman–Crippen LogP) is 1.28. The van der Waals surface area contributed by atoms with Gasteiger partial charge in [0.1, 0.15) is 6.29 Å².